The molecule has 0 fully saturated rings. The van der Waals surface area contributed by atoms with Crippen LogP contribution < -0.4 is 10.2 Å². The van der Waals surface area contributed by atoms with Gasteiger partial charge in [0.05, 0.1) is 12.1 Å². The Hall–Kier alpha value is -2.63. The number of anilines is 1. The van der Waals surface area contributed by atoms with Gasteiger partial charge in [-0.05, 0) is 19.1 Å². The molecule has 2 rings (SSSR count). The minimum atomic E-state index is -1.06. The molecule has 1 aromatic carbocycles. The Morgan fingerprint density at radius 3 is 2.71 bits per heavy atom. The van der Waals surface area contributed by atoms with Crippen LogP contribution in [0.15, 0.2) is 30.3 Å². The van der Waals surface area contributed by atoms with Gasteiger partial charge in [0.15, 0.2) is 0 Å². The highest BCUT2D eigenvalue weighted by molar-refractivity contribution is 5.98. The number of rotatable bonds is 5. The molecule has 0 spiro atoms. The second kappa shape index (κ2) is 6.21. The number of hydrogen-bond donors (Lipinski definition) is 2. The van der Waals surface area contributed by atoms with Gasteiger partial charge in [0, 0.05) is 19.0 Å². The summed E-state index contributed by atoms with van der Waals surface area (Å²) in [7, 11) is 1.65. The molecular weight excluding hydrogens is 270 g/mol. The van der Waals surface area contributed by atoms with Crippen LogP contribution in [0.5, 0.6) is 0 Å². The first-order valence-corrected chi connectivity index (χ1v) is 6.64. The summed E-state index contributed by atoms with van der Waals surface area (Å²) in [5.41, 5.74) is 0.778. The van der Waals surface area contributed by atoms with Gasteiger partial charge in [0.1, 0.15) is 11.4 Å². The maximum Gasteiger partial charge on any atom is 0.339 e. The van der Waals surface area contributed by atoms with Crippen molar-refractivity contribution < 1.29 is 14.7 Å². The van der Waals surface area contributed by atoms with E-state index in [-0.39, 0.29) is 23.8 Å². The molecule has 0 unspecified atom stereocenters. The third-order valence-electron chi connectivity index (χ3n) is 3.05. The Morgan fingerprint density at radius 1 is 1.33 bits per heavy atom. The summed E-state index contributed by atoms with van der Waals surface area (Å²) < 4.78 is 0. The number of para-hydroxylation sites is 1. The molecule has 2 aromatic rings. The fraction of sp³-hybridized carbons (Fsp3) is 0.267. The molecule has 6 heteroatoms. The smallest absolute Gasteiger partial charge is 0.339 e. The van der Waals surface area contributed by atoms with E-state index in [9.17, 15) is 14.7 Å². The number of aromatic carboxylic acids is 1. The second-order valence-electron chi connectivity index (χ2n) is 4.67. The predicted molar refractivity (Wildman–Crippen MR) is 80.7 cm³/mol. The summed E-state index contributed by atoms with van der Waals surface area (Å²) in [5, 5.41) is 12.8. The molecule has 0 aliphatic rings. The minimum Gasteiger partial charge on any atom is -0.478 e. The zero-order chi connectivity index (χ0) is 15.4. The van der Waals surface area contributed by atoms with Gasteiger partial charge in [0.25, 0.3) is 0 Å². The van der Waals surface area contributed by atoms with E-state index >= 15 is 0 Å². The quantitative estimate of drug-likeness (QED) is 0.871. The molecule has 1 amide bonds. The van der Waals surface area contributed by atoms with E-state index in [0.717, 1.165) is 5.39 Å². The number of carbonyl (C=O) groups excluding carboxylic acids is 1. The van der Waals surface area contributed by atoms with Crippen LogP contribution in [0.4, 0.5) is 5.82 Å². The highest BCUT2D eigenvalue weighted by Gasteiger charge is 2.18. The molecule has 0 saturated carbocycles. The zero-order valence-corrected chi connectivity index (χ0v) is 12.0. The molecular formula is C15H17N3O3. The van der Waals surface area contributed by atoms with Gasteiger partial charge in [0.2, 0.25) is 5.91 Å². The molecule has 0 aliphatic carbocycles. The van der Waals surface area contributed by atoms with Crippen LogP contribution in [0.25, 0.3) is 10.9 Å². The van der Waals surface area contributed by atoms with Crippen molar-refractivity contribution in [3.05, 3.63) is 35.9 Å². The van der Waals surface area contributed by atoms with E-state index in [1.54, 1.807) is 18.0 Å². The number of carboxylic acid groups (broad SMARTS) is 1. The first-order chi connectivity index (χ1) is 10.0. The maximum absolute atomic E-state index is 11.6. The fourth-order valence-corrected chi connectivity index (χ4v) is 2.10. The lowest BCUT2D eigenvalue weighted by molar-refractivity contribution is -0.119. The Balaban J connectivity index is 2.42. The lowest BCUT2D eigenvalue weighted by atomic mass is 10.1. The number of hydrogen-bond acceptors (Lipinski definition) is 4. The normalized spacial score (nSPS) is 10.4. The van der Waals surface area contributed by atoms with Crippen LogP contribution in [0, 0.1) is 0 Å². The summed E-state index contributed by atoms with van der Waals surface area (Å²) in [4.78, 5) is 29.0. The van der Waals surface area contributed by atoms with Gasteiger partial charge in [-0.25, -0.2) is 9.78 Å². The number of fused-ring (bicyclic) bond motifs is 1. The van der Waals surface area contributed by atoms with Crippen LogP contribution >= 0.6 is 0 Å². The van der Waals surface area contributed by atoms with Gasteiger partial charge < -0.3 is 15.3 Å². The highest BCUT2D eigenvalue weighted by Crippen LogP contribution is 2.22. The van der Waals surface area contributed by atoms with Gasteiger partial charge >= 0.3 is 5.97 Å². The molecule has 1 aromatic heterocycles. The van der Waals surface area contributed by atoms with E-state index in [4.69, 9.17) is 0 Å². The molecule has 6 nitrogen and oxygen atoms in total. The van der Waals surface area contributed by atoms with Crippen molar-refractivity contribution in [1.82, 2.24) is 10.3 Å². The summed E-state index contributed by atoms with van der Waals surface area (Å²) in [6.45, 7) is 2.41. The van der Waals surface area contributed by atoms with Crippen molar-refractivity contribution in [3.8, 4) is 0 Å². The SMILES string of the molecule is CCNC(=O)CN(C)c1nc2ccccc2cc1C(=O)O. The largest absolute Gasteiger partial charge is 0.478 e. The number of pyridine rings is 1. The van der Waals surface area contributed by atoms with Crippen LogP contribution in [0.3, 0.4) is 0 Å². The first kappa shape index (κ1) is 14.8. The van der Waals surface area contributed by atoms with E-state index in [1.165, 1.54) is 0 Å². The average molecular weight is 287 g/mol. The molecule has 0 aliphatic heterocycles. The van der Waals surface area contributed by atoms with E-state index in [1.807, 2.05) is 31.2 Å². The van der Waals surface area contributed by atoms with Gasteiger partial charge in [-0.2, -0.15) is 0 Å². The van der Waals surface area contributed by atoms with Gasteiger partial charge in [-0.15, -0.1) is 0 Å². The van der Waals surface area contributed by atoms with Crippen molar-refractivity contribution in [2.75, 3.05) is 25.0 Å². The third-order valence-corrected chi connectivity index (χ3v) is 3.05. The molecule has 0 bridgehead atoms. The van der Waals surface area contributed by atoms with Crippen LogP contribution in [0.2, 0.25) is 0 Å². The molecule has 21 heavy (non-hydrogen) atoms. The van der Waals surface area contributed by atoms with Crippen molar-refractivity contribution in [2.45, 2.75) is 6.92 Å². The Morgan fingerprint density at radius 2 is 2.05 bits per heavy atom. The Labute approximate surface area is 122 Å². The maximum atomic E-state index is 11.6. The number of carbonyl (C=O) groups is 2. The number of aromatic nitrogens is 1. The lowest BCUT2D eigenvalue weighted by Gasteiger charge is -2.20. The fourth-order valence-electron chi connectivity index (χ4n) is 2.10. The number of amides is 1. The van der Waals surface area contributed by atoms with Gasteiger partial charge in [-0.3, -0.25) is 4.79 Å². The van der Waals surface area contributed by atoms with E-state index < -0.39 is 5.97 Å². The number of carboxylic acids is 1. The summed E-state index contributed by atoms with van der Waals surface area (Å²) in [5.74, 6) is -0.954. The van der Waals surface area contributed by atoms with Gasteiger partial charge in [-0.1, -0.05) is 18.2 Å². The van der Waals surface area contributed by atoms with E-state index in [2.05, 4.69) is 10.3 Å². The molecule has 0 saturated heterocycles. The van der Waals surface area contributed by atoms with Crippen LogP contribution in [-0.2, 0) is 4.79 Å². The number of likely N-dealkylation sites (N-methyl/N-ethyl adjacent to an activating group) is 2. The highest BCUT2D eigenvalue weighted by atomic mass is 16.4. The van der Waals surface area contributed by atoms with Crippen LogP contribution in [-0.4, -0.2) is 42.1 Å². The second-order valence-corrected chi connectivity index (χ2v) is 4.67. The minimum absolute atomic E-state index is 0.0550. The van der Waals surface area contributed by atoms with Crippen molar-refractivity contribution >= 4 is 28.6 Å². The summed E-state index contributed by atoms with van der Waals surface area (Å²) >= 11 is 0. The third kappa shape index (κ3) is 3.28. The molecule has 0 atom stereocenters. The van der Waals surface area contributed by atoms with Crippen molar-refractivity contribution in [1.29, 1.82) is 0 Å². The van der Waals surface area contributed by atoms with Crippen LogP contribution in [0.1, 0.15) is 17.3 Å². The lowest BCUT2D eigenvalue weighted by Crippen LogP contribution is -2.36. The topological polar surface area (TPSA) is 82.5 Å². The van der Waals surface area contributed by atoms with Crippen molar-refractivity contribution in [3.63, 3.8) is 0 Å². The zero-order valence-electron chi connectivity index (χ0n) is 12.0. The summed E-state index contributed by atoms with van der Waals surface area (Å²) in [6, 6.07) is 8.86. The molecule has 0 radical (unpaired) electrons. The predicted octanol–water partition coefficient (Wildman–Crippen LogP) is 1.51. The Bertz CT molecular complexity index is 685. The standard InChI is InChI=1S/C15H17N3O3/c1-3-16-13(19)9-18(2)14-11(15(20)21)8-10-6-4-5-7-12(10)17-14/h4-8H,3,9H2,1-2H3,(H,16,19)(H,20,21). The average Bonchev–Trinajstić information content (AvgIpc) is 2.45. The number of nitrogens with zero attached hydrogens (tertiary/aromatic N) is 2. The summed E-state index contributed by atoms with van der Waals surface area (Å²) in [6.07, 6.45) is 0. The number of benzene rings is 1. The first-order valence-electron chi connectivity index (χ1n) is 6.64. The van der Waals surface area contributed by atoms with Crippen molar-refractivity contribution in [2.24, 2.45) is 0 Å². The monoisotopic (exact) mass is 287 g/mol. The molecule has 2 N–H and O–H groups in total. The number of nitrogens with one attached hydrogen (secondary N) is 1. The molecule has 1 heterocycles. The Kier molecular flexibility index (Phi) is 4.37. The molecule has 110 valence electrons. The van der Waals surface area contributed by atoms with E-state index in [0.29, 0.717) is 12.1 Å².